The summed E-state index contributed by atoms with van der Waals surface area (Å²) in [7, 11) is 0. The minimum absolute atomic E-state index is 0.0493. The van der Waals surface area contributed by atoms with Gasteiger partial charge in [-0.3, -0.25) is 9.78 Å². The number of pyridine rings is 1. The fourth-order valence-electron chi connectivity index (χ4n) is 1.74. The van der Waals surface area contributed by atoms with Crippen molar-refractivity contribution in [3.05, 3.63) is 40.6 Å². The molecule has 0 saturated carbocycles. The van der Waals surface area contributed by atoms with Crippen LogP contribution >= 0.6 is 23.1 Å². The minimum Gasteiger partial charge on any atom is -0.351 e. The van der Waals surface area contributed by atoms with Crippen LogP contribution in [0.2, 0.25) is 0 Å². The van der Waals surface area contributed by atoms with E-state index in [1.54, 1.807) is 47.8 Å². The molecule has 2 rings (SSSR count). The largest absolute Gasteiger partial charge is 0.351 e. The molecule has 0 saturated heterocycles. The van der Waals surface area contributed by atoms with Gasteiger partial charge in [-0.2, -0.15) is 0 Å². The molecule has 0 aliphatic heterocycles. The van der Waals surface area contributed by atoms with Crippen molar-refractivity contribution in [3.8, 4) is 0 Å². The third-order valence-electron chi connectivity index (χ3n) is 2.77. The molecule has 6 heteroatoms. The van der Waals surface area contributed by atoms with Crippen molar-refractivity contribution < 1.29 is 4.79 Å². The van der Waals surface area contributed by atoms with Gasteiger partial charge in [-0.1, -0.05) is 13.8 Å². The van der Waals surface area contributed by atoms with Crippen LogP contribution in [0.4, 0.5) is 0 Å². The fraction of sp³-hybridized carbons (Fsp3) is 0.357. The number of carbonyl (C=O) groups is 1. The van der Waals surface area contributed by atoms with Gasteiger partial charge >= 0.3 is 0 Å². The van der Waals surface area contributed by atoms with E-state index in [1.807, 2.05) is 5.38 Å². The summed E-state index contributed by atoms with van der Waals surface area (Å²) < 4.78 is 0. The van der Waals surface area contributed by atoms with Crippen LogP contribution in [0.15, 0.2) is 34.9 Å². The second-order valence-corrected chi connectivity index (χ2v) is 6.52. The molecule has 0 aliphatic carbocycles. The lowest BCUT2D eigenvalue weighted by Gasteiger charge is -2.12. The number of nitrogens with zero attached hydrogens (tertiary/aromatic N) is 2. The summed E-state index contributed by atoms with van der Waals surface area (Å²) in [5, 5.41) is 5.97. The van der Waals surface area contributed by atoms with Crippen molar-refractivity contribution in [1.29, 1.82) is 0 Å². The highest BCUT2D eigenvalue weighted by Crippen LogP contribution is 2.21. The predicted molar refractivity (Wildman–Crippen MR) is 83.5 cm³/mol. The molecule has 1 atom stereocenters. The van der Waals surface area contributed by atoms with Gasteiger partial charge in [0, 0.05) is 41.3 Å². The number of thioether (sulfide) groups is 1. The lowest BCUT2D eigenvalue weighted by atomic mass is 10.2. The Hall–Kier alpha value is -1.40. The Bertz CT molecular complexity index is 557. The number of aromatic nitrogens is 2. The molecular formula is C14H17N3OS2. The Morgan fingerprint density at radius 3 is 3.05 bits per heavy atom. The number of nitrogens with one attached hydrogen (secondary N) is 1. The third kappa shape index (κ3) is 3.80. The van der Waals surface area contributed by atoms with Crippen molar-refractivity contribution in [2.75, 3.05) is 12.3 Å². The van der Waals surface area contributed by atoms with E-state index in [0.717, 1.165) is 15.7 Å². The summed E-state index contributed by atoms with van der Waals surface area (Å²) in [5.74, 6) is 1.09. The first kappa shape index (κ1) is 15.0. The maximum atomic E-state index is 12.2. The van der Waals surface area contributed by atoms with Crippen LogP contribution in [0.5, 0.6) is 0 Å². The van der Waals surface area contributed by atoms with Gasteiger partial charge in [-0.25, -0.2) is 4.98 Å². The number of carbonyl (C=O) groups excluding carboxylic acids is 1. The first-order chi connectivity index (χ1) is 9.72. The molecular weight excluding hydrogens is 290 g/mol. The van der Waals surface area contributed by atoms with Gasteiger partial charge in [0.25, 0.3) is 5.91 Å². The number of rotatable bonds is 6. The van der Waals surface area contributed by atoms with Gasteiger partial charge in [0.15, 0.2) is 0 Å². The van der Waals surface area contributed by atoms with E-state index in [-0.39, 0.29) is 11.8 Å². The standard InChI is InChI=1S/C14H17N3OS2/c1-3-19-12-9-15-5-4-11(12)13(18)17-8-10(2)14-16-6-7-20-14/h4-7,9-10H,3,8H2,1-2H3,(H,17,18). The normalized spacial score (nSPS) is 12.1. The van der Waals surface area contributed by atoms with E-state index >= 15 is 0 Å². The lowest BCUT2D eigenvalue weighted by molar-refractivity contribution is 0.0948. The van der Waals surface area contributed by atoms with E-state index in [2.05, 4.69) is 29.1 Å². The summed E-state index contributed by atoms with van der Waals surface area (Å²) in [6.45, 7) is 4.71. The van der Waals surface area contributed by atoms with Crippen LogP contribution in [0, 0.1) is 0 Å². The number of hydrogen-bond acceptors (Lipinski definition) is 5. The highest BCUT2D eigenvalue weighted by molar-refractivity contribution is 7.99. The van der Waals surface area contributed by atoms with E-state index in [0.29, 0.717) is 12.1 Å². The van der Waals surface area contributed by atoms with Gasteiger partial charge in [0.1, 0.15) is 0 Å². The minimum atomic E-state index is -0.0493. The van der Waals surface area contributed by atoms with Crippen molar-refractivity contribution in [1.82, 2.24) is 15.3 Å². The molecule has 0 spiro atoms. The van der Waals surface area contributed by atoms with Gasteiger partial charge in [-0.05, 0) is 11.8 Å². The second-order valence-electron chi connectivity index (χ2n) is 4.29. The average Bonchev–Trinajstić information content (AvgIpc) is 2.99. The topological polar surface area (TPSA) is 54.9 Å². The monoisotopic (exact) mass is 307 g/mol. The highest BCUT2D eigenvalue weighted by Gasteiger charge is 2.14. The van der Waals surface area contributed by atoms with E-state index < -0.39 is 0 Å². The molecule has 0 bridgehead atoms. The molecule has 20 heavy (non-hydrogen) atoms. The molecule has 0 radical (unpaired) electrons. The zero-order chi connectivity index (χ0) is 14.4. The SMILES string of the molecule is CCSc1cnccc1C(=O)NCC(C)c1nccs1. The fourth-order valence-corrected chi connectivity index (χ4v) is 3.21. The predicted octanol–water partition coefficient (Wildman–Crippen LogP) is 3.18. The van der Waals surface area contributed by atoms with Crippen molar-refractivity contribution in [3.63, 3.8) is 0 Å². The van der Waals surface area contributed by atoms with Crippen LogP contribution in [-0.4, -0.2) is 28.2 Å². The first-order valence-corrected chi connectivity index (χ1v) is 8.33. The zero-order valence-electron chi connectivity index (χ0n) is 11.5. The first-order valence-electron chi connectivity index (χ1n) is 6.46. The van der Waals surface area contributed by atoms with Crippen LogP contribution in [0.1, 0.15) is 35.1 Å². The maximum Gasteiger partial charge on any atom is 0.252 e. The van der Waals surface area contributed by atoms with Crippen molar-refractivity contribution in [2.45, 2.75) is 24.7 Å². The molecule has 2 aromatic rings. The molecule has 0 aliphatic rings. The zero-order valence-corrected chi connectivity index (χ0v) is 13.1. The van der Waals surface area contributed by atoms with Crippen LogP contribution in [0.3, 0.4) is 0 Å². The lowest BCUT2D eigenvalue weighted by Crippen LogP contribution is -2.28. The summed E-state index contributed by atoms with van der Waals surface area (Å²) >= 11 is 3.24. The van der Waals surface area contributed by atoms with Gasteiger partial charge in [0.2, 0.25) is 0 Å². The molecule has 1 N–H and O–H groups in total. The van der Waals surface area contributed by atoms with Crippen molar-refractivity contribution in [2.24, 2.45) is 0 Å². The van der Waals surface area contributed by atoms with Gasteiger partial charge in [-0.15, -0.1) is 23.1 Å². The second kappa shape index (κ2) is 7.40. The Morgan fingerprint density at radius 2 is 2.35 bits per heavy atom. The molecule has 1 amide bonds. The number of amides is 1. The van der Waals surface area contributed by atoms with Gasteiger partial charge < -0.3 is 5.32 Å². The smallest absolute Gasteiger partial charge is 0.252 e. The maximum absolute atomic E-state index is 12.2. The highest BCUT2D eigenvalue weighted by atomic mass is 32.2. The molecule has 0 aromatic carbocycles. The molecule has 2 heterocycles. The molecule has 106 valence electrons. The Kier molecular flexibility index (Phi) is 5.55. The Balaban J connectivity index is 1.98. The van der Waals surface area contributed by atoms with E-state index in [4.69, 9.17) is 0 Å². The number of thiazole rings is 1. The summed E-state index contributed by atoms with van der Waals surface area (Å²) in [4.78, 5) is 21.5. The number of hydrogen-bond donors (Lipinski definition) is 1. The molecule has 1 unspecified atom stereocenters. The molecule has 2 aromatic heterocycles. The summed E-state index contributed by atoms with van der Waals surface area (Å²) in [5.41, 5.74) is 0.693. The van der Waals surface area contributed by atoms with Gasteiger partial charge in [0.05, 0.1) is 10.6 Å². The van der Waals surface area contributed by atoms with Crippen LogP contribution in [-0.2, 0) is 0 Å². The molecule has 4 nitrogen and oxygen atoms in total. The average molecular weight is 307 g/mol. The molecule has 0 fully saturated rings. The van der Waals surface area contributed by atoms with E-state index in [1.165, 1.54) is 0 Å². The van der Waals surface area contributed by atoms with E-state index in [9.17, 15) is 4.79 Å². The quantitative estimate of drug-likeness (QED) is 0.833. The van der Waals surface area contributed by atoms with Crippen LogP contribution < -0.4 is 5.32 Å². The Morgan fingerprint density at radius 1 is 1.50 bits per heavy atom. The summed E-state index contributed by atoms with van der Waals surface area (Å²) in [6, 6.07) is 1.77. The van der Waals surface area contributed by atoms with Crippen molar-refractivity contribution >= 4 is 29.0 Å². The summed E-state index contributed by atoms with van der Waals surface area (Å²) in [6.07, 6.45) is 5.18. The Labute approximate surface area is 127 Å². The van der Waals surface area contributed by atoms with Crippen LogP contribution in [0.25, 0.3) is 0 Å². The third-order valence-corrected chi connectivity index (χ3v) is 4.70.